The molecule has 2 rings (SSSR count). The maximum absolute atomic E-state index is 12.1. The highest BCUT2D eigenvalue weighted by Crippen LogP contribution is 2.23. The fourth-order valence-corrected chi connectivity index (χ4v) is 2.23. The maximum atomic E-state index is 12.1. The van der Waals surface area contributed by atoms with E-state index >= 15 is 0 Å². The van der Waals surface area contributed by atoms with Gasteiger partial charge in [-0.05, 0) is 59.6 Å². The molecule has 1 atom stereocenters. The van der Waals surface area contributed by atoms with E-state index in [2.05, 4.69) is 26.6 Å². The Bertz CT molecular complexity index is 715. The first kappa shape index (κ1) is 16.6. The largest absolute Gasteiger partial charge is 0.444 e. The van der Waals surface area contributed by atoms with Crippen molar-refractivity contribution in [2.24, 2.45) is 0 Å². The fourth-order valence-electron chi connectivity index (χ4n) is 1.75. The summed E-state index contributed by atoms with van der Waals surface area (Å²) in [5.41, 5.74) is 1.38. The molecule has 116 valence electrons. The standard InChI is InChI=1S/C15H14BrClN2O3/c1-8-10(17)4-3-5-11(8)19-14(20)9(2)18-15(21)12-6-7-13(16)22-12/h3-7,9H,1-2H3,(H,18,21)(H,19,20)/t9-/m1/s1. The van der Waals surface area contributed by atoms with Crippen LogP contribution in [0.15, 0.2) is 39.4 Å². The summed E-state index contributed by atoms with van der Waals surface area (Å²) in [6.45, 7) is 3.40. The molecule has 0 aliphatic carbocycles. The van der Waals surface area contributed by atoms with Gasteiger partial charge >= 0.3 is 0 Å². The van der Waals surface area contributed by atoms with E-state index in [1.165, 1.54) is 6.07 Å². The van der Waals surface area contributed by atoms with Crippen molar-refractivity contribution in [2.75, 3.05) is 5.32 Å². The molecule has 2 aromatic rings. The first-order valence-electron chi connectivity index (χ1n) is 6.50. The average molecular weight is 386 g/mol. The summed E-state index contributed by atoms with van der Waals surface area (Å²) in [6, 6.07) is 7.63. The van der Waals surface area contributed by atoms with Crippen molar-refractivity contribution in [3.63, 3.8) is 0 Å². The first-order chi connectivity index (χ1) is 10.4. The van der Waals surface area contributed by atoms with E-state index in [1.807, 2.05) is 6.92 Å². The minimum absolute atomic E-state index is 0.130. The summed E-state index contributed by atoms with van der Waals surface area (Å²) < 4.78 is 5.58. The van der Waals surface area contributed by atoms with Gasteiger partial charge in [-0.25, -0.2) is 0 Å². The lowest BCUT2D eigenvalue weighted by molar-refractivity contribution is -0.117. The van der Waals surface area contributed by atoms with E-state index in [0.29, 0.717) is 15.4 Å². The molecule has 2 N–H and O–H groups in total. The van der Waals surface area contributed by atoms with Crippen LogP contribution in [0.4, 0.5) is 5.69 Å². The Morgan fingerprint density at radius 2 is 2.00 bits per heavy atom. The van der Waals surface area contributed by atoms with Crippen molar-refractivity contribution in [2.45, 2.75) is 19.9 Å². The third kappa shape index (κ3) is 3.90. The predicted molar refractivity (Wildman–Crippen MR) is 88.2 cm³/mol. The molecule has 0 bridgehead atoms. The summed E-state index contributed by atoms with van der Waals surface area (Å²) in [5.74, 6) is -0.675. The quantitative estimate of drug-likeness (QED) is 0.842. The Labute approximate surface area is 141 Å². The van der Waals surface area contributed by atoms with E-state index in [-0.39, 0.29) is 11.7 Å². The number of carbonyl (C=O) groups excluding carboxylic acids is 2. The van der Waals surface area contributed by atoms with Gasteiger partial charge in [0.25, 0.3) is 5.91 Å². The minimum Gasteiger partial charge on any atom is -0.444 e. The number of hydrogen-bond donors (Lipinski definition) is 2. The molecule has 22 heavy (non-hydrogen) atoms. The molecular weight excluding hydrogens is 372 g/mol. The molecule has 0 saturated heterocycles. The van der Waals surface area contributed by atoms with Gasteiger partial charge < -0.3 is 15.1 Å². The summed E-state index contributed by atoms with van der Waals surface area (Å²) in [5, 5.41) is 5.86. The molecule has 2 amide bonds. The number of carbonyl (C=O) groups is 2. The van der Waals surface area contributed by atoms with Gasteiger partial charge in [0, 0.05) is 10.7 Å². The molecule has 0 aliphatic heterocycles. The van der Waals surface area contributed by atoms with Gasteiger partial charge in [-0.3, -0.25) is 9.59 Å². The second-order valence-corrected chi connectivity index (χ2v) is 5.89. The number of hydrogen-bond acceptors (Lipinski definition) is 3. The van der Waals surface area contributed by atoms with Crippen LogP contribution in [-0.2, 0) is 4.79 Å². The van der Waals surface area contributed by atoms with E-state index < -0.39 is 11.9 Å². The van der Waals surface area contributed by atoms with Crippen molar-refractivity contribution in [1.82, 2.24) is 5.32 Å². The summed E-state index contributed by atoms with van der Waals surface area (Å²) in [6.07, 6.45) is 0. The number of amides is 2. The summed E-state index contributed by atoms with van der Waals surface area (Å²) in [4.78, 5) is 24.1. The molecule has 1 aromatic carbocycles. The Morgan fingerprint density at radius 1 is 1.27 bits per heavy atom. The smallest absolute Gasteiger partial charge is 0.287 e. The van der Waals surface area contributed by atoms with Gasteiger partial charge in [0.05, 0.1) is 0 Å². The Hall–Kier alpha value is -1.79. The van der Waals surface area contributed by atoms with Gasteiger partial charge in [-0.1, -0.05) is 17.7 Å². The van der Waals surface area contributed by atoms with Crippen LogP contribution in [0.2, 0.25) is 5.02 Å². The number of halogens is 2. The number of furan rings is 1. The van der Waals surface area contributed by atoms with Crippen molar-refractivity contribution in [1.29, 1.82) is 0 Å². The SMILES string of the molecule is Cc1c(Cl)cccc1NC(=O)[C@@H](C)NC(=O)c1ccc(Br)o1. The number of anilines is 1. The van der Waals surface area contributed by atoms with E-state index in [0.717, 1.165) is 5.56 Å². The summed E-state index contributed by atoms with van der Waals surface area (Å²) >= 11 is 9.12. The third-order valence-electron chi connectivity index (χ3n) is 3.06. The molecule has 0 radical (unpaired) electrons. The van der Waals surface area contributed by atoms with Gasteiger partial charge in [0.2, 0.25) is 5.91 Å². The monoisotopic (exact) mass is 384 g/mol. The lowest BCUT2D eigenvalue weighted by atomic mass is 10.2. The molecule has 0 unspecified atom stereocenters. The van der Waals surface area contributed by atoms with Crippen LogP contribution in [0, 0.1) is 6.92 Å². The molecule has 5 nitrogen and oxygen atoms in total. The zero-order valence-electron chi connectivity index (χ0n) is 11.9. The van der Waals surface area contributed by atoms with Crippen LogP contribution in [0.25, 0.3) is 0 Å². The van der Waals surface area contributed by atoms with Crippen LogP contribution in [0.5, 0.6) is 0 Å². The van der Waals surface area contributed by atoms with Crippen LogP contribution in [0.3, 0.4) is 0 Å². The van der Waals surface area contributed by atoms with Gasteiger partial charge in [-0.15, -0.1) is 0 Å². The summed E-state index contributed by atoms with van der Waals surface area (Å²) in [7, 11) is 0. The molecule has 0 saturated carbocycles. The highest BCUT2D eigenvalue weighted by atomic mass is 79.9. The van der Waals surface area contributed by atoms with E-state index in [1.54, 1.807) is 31.2 Å². The van der Waals surface area contributed by atoms with Crippen LogP contribution >= 0.6 is 27.5 Å². The zero-order chi connectivity index (χ0) is 16.3. The van der Waals surface area contributed by atoms with Gasteiger partial charge in [0.15, 0.2) is 10.4 Å². The van der Waals surface area contributed by atoms with Crippen molar-refractivity contribution >= 4 is 45.0 Å². The first-order valence-corrected chi connectivity index (χ1v) is 7.67. The predicted octanol–water partition coefficient (Wildman–Crippen LogP) is 3.76. The molecule has 7 heteroatoms. The fraction of sp³-hybridized carbons (Fsp3) is 0.200. The average Bonchev–Trinajstić information content (AvgIpc) is 2.90. The molecule has 0 aliphatic rings. The lowest BCUT2D eigenvalue weighted by Crippen LogP contribution is -2.41. The van der Waals surface area contributed by atoms with Gasteiger partial charge in [0.1, 0.15) is 6.04 Å². The minimum atomic E-state index is -0.727. The highest BCUT2D eigenvalue weighted by Gasteiger charge is 2.19. The third-order valence-corrected chi connectivity index (χ3v) is 3.90. The van der Waals surface area contributed by atoms with Crippen molar-refractivity contribution < 1.29 is 14.0 Å². The molecule has 0 fully saturated rings. The van der Waals surface area contributed by atoms with E-state index in [9.17, 15) is 9.59 Å². The van der Waals surface area contributed by atoms with E-state index in [4.69, 9.17) is 16.0 Å². The van der Waals surface area contributed by atoms with Crippen molar-refractivity contribution in [3.05, 3.63) is 51.3 Å². The van der Waals surface area contributed by atoms with Crippen molar-refractivity contribution in [3.8, 4) is 0 Å². The van der Waals surface area contributed by atoms with Gasteiger partial charge in [-0.2, -0.15) is 0 Å². The lowest BCUT2D eigenvalue weighted by Gasteiger charge is -2.15. The van der Waals surface area contributed by atoms with Crippen LogP contribution in [0.1, 0.15) is 23.0 Å². The Kier molecular flexibility index (Phi) is 5.26. The number of benzene rings is 1. The Balaban J connectivity index is 2.00. The second kappa shape index (κ2) is 6.98. The highest BCUT2D eigenvalue weighted by molar-refractivity contribution is 9.10. The topological polar surface area (TPSA) is 71.3 Å². The van der Waals surface area contributed by atoms with Crippen LogP contribution in [-0.4, -0.2) is 17.9 Å². The molecular formula is C15H14BrClN2O3. The normalized spacial score (nSPS) is 11.8. The number of nitrogens with one attached hydrogen (secondary N) is 2. The molecule has 0 spiro atoms. The van der Waals surface area contributed by atoms with Crippen LogP contribution < -0.4 is 10.6 Å². The zero-order valence-corrected chi connectivity index (χ0v) is 14.3. The maximum Gasteiger partial charge on any atom is 0.287 e. The Morgan fingerprint density at radius 3 is 2.64 bits per heavy atom. The molecule has 1 heterocycles. The second-order valence-electron chi connectivity index (χ2n) is 4.70. The molecule has 1 aromatic heterocycles. The number of rotatable bonds is 4.